The van der Waals surface area contributed by atoms with Gasteiger partial charge in [0.25, 0.3) is 5.91 Å². The van der Waals surface area contributed by atoms with Gasteiger partial charge >= 0.3 is 0 Å². The standard InChI is InChI=1S/C23H30N4O5S/c1-5-6-18-7-8-22-20(11-18)32-21(14-26(4)23(29)19-12-24-9-10-25-19)16(2)13-27(17(3)15-28)33(22,30)31/h5-12,16-17,21,28H,13-15H2,1-4H3/t16-,17-,21-/m0/s1. The zero-order chi connectivity index (χ0) is 24.2. The van der Waals surface area contributed by atoms with E-state index in [0.717, 1.165) is 5.56 Å². The fourth-order valence-electron chi connectivity index (χ4n) is 3.71. The van der Waals surface area contributed by atoms with Crippen LogP contribution in [0.3, 0.4) is 0 Å². The van der Waals surface area contributed by atoms with E-state index in [4.69, 9.17) is 4.74 Å². The Morgan fingerprint density at radius 1 is 1.39 bits per heavy atom. The van der Waals surface area contributed by atoms with E-state index in [1.54, 1.807) is 26.1 Å². The Morgan fingerprint density at radius 3 is 2.79 bits per heavy atom. The number of allylic oxidation sites excluding steroid dienone is 1. The van der Waals surface area contributed by atoms with E-state index >= 15 is 0 Å². The molecule has 1 aliphatic rings. The van der Waals surface area contributed by atoms with E-state index < -0.39 is 22.2 Å². The molecular formula is C23H30N4O5S. The summed E-state index contributed by atoms with van der Waals surface area (Å²) in [5, 5.41) is 9.73. The number of likely N-dealkylation sites (N-methyl/N-ethyl adjacent to an activating group) is 1. The van der Waals surface area contributed by atoms with Gasteiger partial charge in [-0.25, -0.2) is 13.4 Å². The van der Waals surface area contributed by atoms with Crippen molar-refractivity contribution in [1.82, 2.24) is 19.2 Å². The van der Waals surface area contributed by atoms with Crippen LogP contribution in [0.2, 0.25) is 0 Å². The summed E-state index contributed by atoms with van der Waals surface area (Å²) in [5.74, 6) is -0.362. The molecule has 0 saturated heterocycles. The summed E-state index contributed by atoms with van der Waals surface area (Å²) in [6.07, 6.45) is 7.55. The van der Waals surface area contributed by atoms with E-state index in [9.17, 15) is 18.3 Å². The number of aliphatic hydroxyl groups excluding tert-OH is 1. The SMILES string of the molecule is CC=Cc1ccc2c(c1)O[C@@H](CN(C)C(=O)c1cnccn1)[C@@H](C)CN([C@@H](C)CO)S2(=O)=O. The van der Waals surface area contributed by atoms with Crippen molar-refractivity contribution >= 4 is 22.0 Å². The highest BCUT2D eigenvalue weighted by atomic mass is 32.2. The first-order chi connectivity index (χ1) is 15.7. The molecule has 3 rings (SSSR count). The van der Waals surface area contributed by atoms with Crippen molar-refractivity contribution in [2.45, 2.75) is 37.8 Å². The predicted molar refractivity (Wildman–Crippen MR) is 124 cm³/mol. The second kappa shape index (κ2) is 10.4. The molecule has 2 aromatic rings. The third-order valence-corrected chi connectivity index (χ3v) is 7.65. The summed E-state index contributed by atoms with van der Waals surface area (Å²) in [6.45, 7) is 5.45. The lowest BCUT2D eigenvalue weighted by Gasteiger charge is -2.37. The highest BCUT2D eigenvalue weighted by Crippen LogP contribution is 2.34. The van der Waals surface area contributed by atoms with Crippen LogP contribution in [-0.2, 0) is 10.0 Å². The summed E-state index contributed by atoms with van der Waals surface area (Å²) in [7, 11) is -2.26. The summed E-state index contributed by atoms with van der Waals surface area (Å²) < 4.78 is 34.5. The minimum absolute atomic E-state index is 0.0378. The van der Waals surface area contributed by atoms with Crippen LogP contribution in [0.1, 0.15) is 36.8 Å². The van der Waals surface area contributed by atoms with E-state index in [2.05, 4.69) is 9.97 Å². The van der Waals surface area contributed by atoms with Crippen LogP contribution in [-0.4, -0.2) is 77.5 Å². The third-order valence-electron chi connectivity index (χ3n) is 5.63. The second-order valence-electron chi connectivity index (χ2n) is 8.22. The minimum Gasteiger partial charge on any atom is -0.487 e. The number of rotatable bonds is 6. The summed E-state index contributed by atoms with van der Waals surface area (Å²) >= 11 is 0. The predicted octanol–water partition coefficient (Wildman–Crippen LogP) is 2.05. The first kappa shape index (κ1) is 24.8. The second-order valence-corrected chi connectivity index (χ2v) is 10.1. The number of aliphatic hydroxyl groups is 1. The Labute approximate surface area is 194 Å². The van der Waals surface area contributed by atoms with Gasteiger partial charge in [-0.3, -0.25) is 9.78 Å². The zero-order valence-electron chi connectivity index (χ0n) is 19.2. The van der Waals surface area contributed by atoms with Gasteiger partial charge < -0.3 is 14.7 Å². The molecule has 1 aromatic carbocycles. The fraction of sp³-hybridized carbons (Fsp3) is 0.435. The molecule has 1 aromatic heterocycles. The maximum Gasteiger partial charge on any atom is 0.273 e. The minimum atomic E-state index is -3.90. The van der Waals surface area contributed by atoms with Gasteiger partial charge in [0.2, 0.25) is 10.0 Å². The summed E-state index contributed by atoms with van der Waals surface area (Å²) in [5.41, 5.74) is 1.01. The number of benzene rings is 1. The van der Waals surface area contributed by atoms with Gasteiger partial charge in [0, 0.05) is 37.9 Å². The van der Waals surface area contributed by atoms with Gasteiger partial charge in [-0.05, 0) is 31.5 Å². The van der Waals surface area contributed by atoms with Crippen LogP contribution in [0.15, 0.2) is 47.8 Å². The number of amides is 1. The molecule has 0 spiro atoms. The van der Waals surface area contributed by atoms with Crippen molar-refractivity contribution in [3.8, 4) is 5.75 Å². The van der Waals surface area contributed by atoms with E-state index in [-0.39, 0.29) is 47.9 Å². The molecule has 1 aliphatic heterocycles. The van der Waals surface area contributed by atoms with Crippen molar-refractivity contribution in [2.24, 2.45) is 5.92 Å². The molecule has 0 bridgehead atoms. The van der Waals surface area contributed by atoms with Gasteiger partial charge in [0.05, 0.1) is 19.3 Å². The highest BCUT2D eigenvalue weighted by molar-refractivity contribution is 7.89. The maximum absolute atomic E-state index is 13.5. The molecule has 33 heavy (non-hydrogen) atoms. The van der Waals surface area contributed by atoms with Crippen molar-refractivity contribution in [1.29, 1.82) is 0 Å². The number of hydrogen-bond acceptors (Lipinski definition) is 7. The summed E-state index contributed by atoms with van der Waals surface area (Å²) in [6, 6.07) is 4.31. The quantitative estimate of drug-likeness (QED) is 0.682. The number of nitrogens with zero attached hydrogens (tertiary/aromatic N) is 4. The molecule has 1 N–H and O–H groups in total. The largest absolute Gasteiger partial charge is 0.487 e. The molecule has 0 radical (unpaired) electrons. The van der Waals surface area contributed by atoms with E-state index in [0.29, 0.717) is 0 Å². The van der Waals surface area contributed by atoms with E-state index in [1.807, 2.05) is 26.0 Å². The molecule has 9 nitrogen and oxygen atoms in total. The smallest absolute Gasteiger partial charge is 0.273 e. The first-order valence-corrected chi connectivity index (χ1v) is 12.2. The van der Waals surface area contributed by atoms with Crippen molar-refractivity contribution in [3.63, 3.8) is 0 Å². The molecule has 2 heterocycles. The van der Waals surface area contributed by atoms with Crippen LogP contribution in [0.4, 0.5) is 0 Å². The van der Waals surface area contributed by atoms with Gasteiger partial charge in [0.1, 0.15) is 22.4 Å². The van der Waals surface area contributed by atoms with Gasteiger partial charge in [-0.1, -0.05) is 25.1 Å². The Bertz CT molecular complexity index is 1110. The molecule has 10 heteroatoms. The number of sulfonamides is 1. The lowest BCUT2D eigenvalue weighted by Crippen LogP contribution is -2.50. The highest BCUT2D eigenvalue weighted by Gasteiger charge is 2.38. The van der Waals surface area contributed by atoms with Crippen molar-refractivity contribution < 1.29 is 23.1 Å². The lowest BCUT2D eigenvalue weighted by atomic mass is 10.0. The average molecular weight is 475 g/mol. The fourth-order valence-corrected chi connectivity index (χ4v) is 5.54. The van der Waals surface area contributed by atoms with Crippen LogP contribution < -0.4 is 4.74 Å². The molecule has 0 saturated carbocycles. The van der Waals surface area contributed by atoms with Crippen LogP contribution in [0.25, 0.3) is 6.08 Å². The Balaban J connectivity index is 2.01. The Kier molecular flexibility index (Phi) is 7.83. The molecule has 3 atom stereocenters. The molecule has 1 amide bonds. The Hall–Kier alpha value is -2.82. The normalized spacial score (nSPS) is 21.5. The van der Waals surface area contributed by atoms with Crippen LogP contribution in [0.5, 0.6) is 5.75 Å². The Morgan fingerprint density at radius 2 is 2.15 bits per heavy atom. The first-order valence-electron chi connectivity index (χ1n) is 10.8. The number of hydrogen-bond donors (Lipinski definition) is 1. The number of aromatic nitrogens is 2. The van der Waals surface area contributed by atoms with Crippen molar-refractivity contribution in [2.75, 3.05) is 26.7 Å². The van der Waals surface area contributed by atoms with Crippen molar-refractivity contribution in [3.05, 3.63) is 54.1 Å². The van der Waals surface area contributed by atoms with Gasteiger partial charge in [-0.15, -0.1) is 0 Å². The summed E-state index contributed by atoms with van der Waals surface area (Å²) in [4.78, 5) is 22.3. The molecular weight excluding hydrogens is 444 g/mol. The molecule has 0 aliphatic carbocycles. The monoisotopic (exact) mass is 474 g/mol. The molecule has 0 fully saturated rings. The third kappa shape index (κ3) is 5.40. The van der Waals surface area contributed by atoms with E-state index in [1.165, 1.54) is 33.9 Å². The average Bonchev–Trinajstić information content (AvgIpc) is 2.81. The molecule has 178 valence electrons. The van der Waals surface area contributed by atoms with Crippen LogP contribution >= 0.6 is 0 Å². The zero-order valence-corrected chi connectivity index (χ0v) is 20.1. The van der Waals surface area contributed by atoms with Gasteiger partial charge in [0.15, 0.2) is 0 Å². The van der Waals surface area contributed by atoms with Crippen LogP contribution in [0, 0.1) is 5.92 Å². The number of fused-ring (bicyclic) bond motifs is 1. The topological polar surface area (TPSA) is 113 Å². The molecule has 0 unspecified atom stereocenters. The number of carbonyl (C=O) groups excluding carboxylic acids is 1. The number of ether oxygens (including phenoxy) is 1. The maximum atomic E-state index is 13.5. The van der Waals surface area contributed by atoms with Gasteiger partial charge in [-0.2, -0.15) is 4.31 Å². The lowest BCUT2D eigenvalue weighted by molar-refractivity contribution is 0.0559. The number of carbonyl (C=O) groups is 1.